The van der Waals surface area contributed by atoms with Gasteiger partial charge in [-0.1, -0.05) is 45.9 Å². The highest BCUT2D eigenvalue weighted by Crippen LogP contribution is 2.36. The summed E-state index contributed by atoms with van der Waals surface area (Å²) in [5.74, 6) is -5.11. The van der Waals surface area contributed by atoms with Gasteiger partial charge >= 0.3 is 5.97 Å². The molecule has 1 saturated carbocycles. The highest BCUT2D eigenvalue weighted by molar-refractivity contribution is 6.01. The Morgan fingerprint density at radius 2 is 1.49 bits per heavy atom. The van der Waals surface area contributed by atoms with E-state index in [1.165, 1.54) is 0 Å². The number of carbonyl (C=O) groups excluding carboxylic acids is 5. The van der Waals surface area contributed by atoms with Crippen molar-refractivity contribution in [2.24, 2.45) is 11.8 Å². The molecule has 4 rings (SSSR count). The number of carboxylic acid groups (broad SMARTS) is 1. The summed E-state index contributed by atoms with van der Waals surface area (Å²) in [7, 11) is 0. The molecule has 4 atom stereocenters. The minimum atomic E-state index is -1.52. The number of carbonyl (C=O) groups is 6. The summed E-state index contributed by atoms with van der Waals surface area (Å²) in [6.45, 7) is 7.27. The fraction of sp³-hybridized carbons (Fsp3) is 0.533. The van der Waals surface area contributed by atoms with Crippen LogP contribution in [-0.4, -0.2) is 75.3 Å². The molecule has 7 N–H and O–H groups in total. The van der Waals surface area contributed by atoms with Crippen LogP contribution in [0.1, 0.15) is 58.9 Å². The first-order chi connectivity index (χ1) is 20.3. The van der Waals surface area contributed by atoms with Gasteiger partial charge in [-0.2, -0.15) is 0 Å². The van der Waals surface area contributed by atoms with Crippen LogP contribution in [0.2, 0.25) is 0 Å². The van der Waals surface area contributed by atoms with Crippen LogP contribution in [0.3, 0.4) is 0 Å². The summed E-state index contributed by atoms with van der Waals surface area (Å²) in [5, 5.41) is 23.7. The molecule has 1 spiro atoms. The zero-order valence-corrected chi connectivity index (χ0v) is 24.8. The summed E-state index contributed by atoms with van der Waals surface area (Å²) in [4.78, 5) is 82.3. The Bertz CT molecular complexity index is 1410. The number of carboxylic acids is 1. The molecule has 1 aliphatic carbocycles. The first-order valence-corrected chi connectivity index (χ1v) is 14.6. The number of H-pyrrole nitrogens is 1. The molecule has 0 unspecified atom stereocenters. The summed E-state index contributed by atoms with van der Waals surface area (Å²) >= 11 is 0. The Morgan fingerprint density at radius 3 is 2.12 bits per heavy atom. The number of para-hydroxylation sites is 1. The van der Waals surface area contributed by atoms with Gasteiger partial charge in [0.25, 0.3) is 0 Å². The number of rotatable bonds is 7. The monoisotopic (exact) mass is 596 g/mol. The van der Waals surface area contributed by atoms with Crippen LogP contribution >= 0.6 is 0 Å². The van der Waals surface area contributed by atoms with E-state index in [0.29, 0.717) is 5.56 Å². The minimum absolute atomic E-state index is 0.0115. The zero-order valence-electron chi connectivity index (χ0n) is 24.8. The fourth-order valence-electron chi connectivity index (χ4n) is 5.29. The minimum Gasteiger partial charge on any atom is -0.481 e. The van der Waals surface area contributed by atoms with Gasteiger partial charge in [-0.15, -0.1) is 0 Å². The lowest BCUT2D eigenvalue weighted by Gasteiger charge is -2.28. The van der Waals surface area contributed by atoms with E-state index in [1.807, 2.05) is 38.1 Å². The molecule has 0 radical (unpaired) electrons. The van der Waals surface area contributed by atoms with Gasteiger partial charge < -0.3 is 36.7 Å². The van der Waals surface area contributed by atoms with Crippen molar-refractivity contribution < 1.29 is 33.9 Å². The zero-order chi connectivity index (χ0) is 31.5. The standard InChI is InChI=1S/C30H40N6O7/c1-15(2)11-20-25(39)32-21(12-17-14-31-19-8-6-5-7-18(17)19)26(40)33-22(13-23(37)38)27(41)36-30(9-10-30)29(43)35-24(16(3)4)28(42)34-20/h5-8,14-16,20-22,24,31H,9-13H2,1-4H3,(H,32,39)(H,33,40)(H,34,42)(H,35,43)(H,36,41)(H,37,38)/t20-,21+,22+,24+/m0/s1. The van der Waals surface area contributed by atoms with Gasteiger partial charge in [0.1, 0.15) is 29.7 Å². The molecular formula is C30H40N6O7. The lowest BCUT2D eigenvalue weighted by Crippen LogP contribution is -2.60. The van der Waals surface area contributed by atoms with Crippen molar-refractivity contribution >= 4 is 46.4 Å². The van der Waals surface area contributed by atoms with Crippen LogP contribution in [0.5, 0.6) is 0 Å². The van der Waals surface area contributed by atoms with Crippen LogP contribution in [0, 0.1) is 11.8 Å². The lowest BCUT2D eigenvalue weighted by molar-refractivity contribution is -0.141. The third-order valence-corrected chi connectivity index (χ3v) is 7.87. The molecule has 13 nitrogen and oxygen atoms in total. The molecule has 232 valence electrons. The number of nitrogens with one attached hydrogen (secondary N) is 6. The van der Waals surface area contributed by atoms with Crippen molar-refractivity contribution in [3.05, 3.63) is 36.0 Å². The van der Waals surface area contributed by atoms with Crippen molar-refractivity contribution in [3.63, 3.8) is 0 Å². The average Bonchev–Trinajstić information content (AvgIpc) is 3.60. The van der Waals surface area contributed by atoms with Gasteiger partial charge in [-0.05, 0) is 42.7 Å². The van der Waals surface area contributed by atoms with Gasteiger partial charge in [0.15, 0.2) is 0 Å². The number of aromatic nitrogens is 1. The van der Waals surface area contributed by atoms with Gasteiger partial charge in [0, 0.05) is 23.5 Å². The highest BCUT2D eigenvalue weighted by Gasteiger charge is 2.53. The Kier molecular flexibility index (Phi) is 9.41. The van der Waals surface area contributed by atoms with Gasteiger partial charge in [0.05, 0.1) is 6.42 Å². The van der Waals surface area contributed by atoms with Crippen LogP contribution in [-0.2, 0) is 35.2 Å². The quantitative estimate of drug-likeness (QED) is 0.241. The maximum atomic E-state index is 13.7. The normalized spacial score (nSPS) is 24.9. The molecule has 1 aromatic carbocycles. The lowest BCUT2D eigenvalue weighted by atomic mass is 9.98. The Morgan fingerprint density at radius 1 is 0.860 bits per heavy atom. The highest BCUT2D eigenvalue weighted by atomic mass is 16.4. The van der Waals surface area contributed by atoms with Crippen molar-refractivity contribution in [1.82, 2.24) is 31.6 Å². The van der Waals surface area contributed by atoms with Crippen molar-refractivity contribution in [2.45, 2.75) is 89.5 Å². The maximum absolute atomic E-state index is 13.7. The van der Waals surface area contributed by atoms with E-state index in [1.54, 1.807) is 20.0 Å². The van der Waals surface area contributed by atoms with Gasteiger partial charge in [-0.25, -0.2) is 0 Å². The Labute approximate surface area is 249 Å². The average molecular weight is 597 g/mol. The molecule has 13 heteroatoms. The topological polar surface area (TPSA) is 199 Å². The molecule has 5 amide bonds. The molecular weight excluding hydrogens is 556 g/mol. The number of hydrogen-bond donors (Lipinski definition) is 7. The number of benzene rings is 1. The molecule has 1 saturated heterocycles. The van der Waals surface area contributed by atoms with Crippen LogP contribution in [0.25, 0.3) is 10.9 Å². The van der Waals surface area contributed by atoms with Crippen molar-refractivity contribution in [3.8, 4) is 0 Å². The smallest absolute Gasteiger partial charge is 0.305 e. The van der Waals surface area contributed by atoms with Crippen LogP contribution in [0.4, 0.5) is 0 Å². The predicted octanol–water partition coefficient (Wildman–Crippen LogP) is 0.489. The van der Waals surface area contributed by atoms with E-state index in [2.05, 4.69) is 31.6 Å². The molecule has 43 heavy (non-hydrogen) atoms. The second-order valence-corrected chi connectivity index (χ2v) is 12.2. The van der Waals surface area contributed by atoms with E-state index < -0.39 is 71.6 Å². The number of fused-ring (bicyclic) bond motifs is 1. The molecule has 1 aliphatic heterocycles. The number of amides is 5. The third-order valence-electron chi connectivity index (χ3n) is 7.87. The second-order valence-electron chi connectivity index (χ2n) is 12.2. The fourth-order valence-corrected chi connectivity index (χ4v) is 5.29. The predicted molar refractivity (Wildman–Crippen MR) is 156 cm³/mol. The second kappa shape index (κ2) is 12.8. The van der Waals surface area contributed by atoms with E-state index >= 15 is 0 Å². The number of aromatic amines is 1. The summed E-state index contributed by atoms with van der Waals surface area (Å²) in [5.41, 5.74) is 0.200. The summed E-state index contributed by atoms with van der Waals surface area (Å²) in [6.07, 6.45) is 1.81. The molecule has 2 heterocycles. The summed E-state index contributed by atoms with van der Waals surface area (Å²) < 4.78 is 0. The van der Waals surface area contributed by atoms with Crippen molar-refractivity contribution in [2.75, 3.05) is 0 Å². The number of hydrogen-bond acceptors (Lipinski definition) is 6. The van der Waals surface area contributed by atoms with E-state index in [-0.39, 0.29) is 37.5 Å². The Hall–Kier alpha value is -4.42. The van der Waals surface area contributed by atoms with E-state index in [0.717, 1.165) is 10.9 Å². The molecule has 2 aromatic rings. The largest absolute Gasteiger partial charge is 0.481 e. The van der Waals surface area contributed by atoms with Gasteiger partial charge in [0.2, 0.25) is 29.5 Å². The molecule has 1 aromatic heterocycles. The number of aliphatic carboxylic acids is 1. The third kappa shape index (κ3) is 7.51. The Balaban J connectivity index is 1.74. The first-order valence-electron chi connectivity index (χ1n) is 14.6. The molecule has 0 bridgehead atoms. The van der Waals surface area contributed by atoms with Crippen molar-refractivity contribution in [1.29, 1.82) is 0 Å². The SMILES string of the molecule is CC(C)C[C@@H]1NC(=O)[C@@H](C(C)C)NC(=O)C2(CC2)NC(=O)[C@@H](CC(=O)O)NC(=O)[C@@H](Cc2c[nH]c3ccccc23)NC1=O. The first kappa shape index (κ1) is 31.5. The molecule has 2 fully saturated rings. The van der Waals surface area contributed by atoms with E-state index in [9.17, 15) is 33.9 Å². The van der Waals surface area contributed by atoms with Crippen LogP contribution in [0.15, 0.2) is 30.5 Å². The summed E-state index contributed by atoms with van der Waals surface area (Å²) in [6, 6.07) is 2.64. The maximum Gasteiger partial charge on any atom is 0.305 e. The van der Waals surface area contributed by atoms with Crippen LogP contribution < -0.4 is 26.6 Å². The molecule has 2 aliphatic rings. The van der Waals surface area contributed by atoms with Gasteiger partial charge in [-0.3, -0.25) is 28.8 Å². The van der Waals surface area contributed by atoms with E-state index in [4.69, 9.17) is 0 Å².